The maximum Gasteiger partial charge on any atom is 0.416 e. The van der Waals surface area contributed by atoms with Crippen LogP contribution in [0.4, 0.5) is 13.2 Å². The average Bonchev–Trinajstić information content (AvgIpc) is 3.30. The molecule has 0 saturated heterocycles. The fourth-order valence-corrected chi connectivity index (χ4v) is 6.79. The van der Waals surface area contributed by atoms with E-state index in [9.17, 15) is 22.8 Å². The zero-order valence-corrected chi connectivity index (χ0v) is 19.8. The van der Waals surface area contributed by atoms with Gasteiger partial charge in [-0.05, 0) is 74.0 Å². The van der Waals surface area contributed by atoms with Crippen molar-refractivity contribution in [2.75, 3.05) is 0 Å². The van der Waals surface area contributed by atoms with Crippen LogP contribution in [0, 0.1) is 5.41 Å². The van der Waals surface area contributed by atoms with Crippen molar-refractivity contribution in [3.63, 3.8) is 0 Å². The van der Waals surface area contributed by atoms with Crippen molar-refractivity contribution >= 4 is 11.6 Å². The molecule has 1 heterocycles. The fraction of sp³-hybridized carbons (Fsp3) is 0.552. The molecule has 0 radical (unpaired) electrons. The highest BCUT2D eigenvalue weighted by molar-refractivity contribution is 6.13. The van der Waals surface area contributed by atoms with Gasteiger partial charge in [-0.25, -0.2) is 0 Å². The smallest absolute Gasteiger partial charge is 0.294 e. The minimum atomic E-state index is -4.45. The molecule has 4 aliphatic rings. The van der Waals surface area contributed by atoms with Crippen LogP contribution in [0.5, 0.6) is 0 Å². The second-order valence-electron chi connectivity index (χ2n) is 11.3. The van der Waals surface area contributed by atoms with Gasteiger partial charge in [0.05, 0.1) is 17.0 Å². The quantitative estimate of drug-likeness (QED) is 0.424. The molecule has 0 unspecified atom stereocenters. The molecule has 2 aromatic rings. The summed E-state index contributed by atoms with van der Waals surface area (Å²) in [6.07, 6.45) is 7.17. The van der Waals surface area contributed by atoms with Crippen LogP contribution in [0.25, 0.3) is 0 Å². The van der Waals surface area contributed by atoms with Crippen molar-refractivity contribution in [3.8, 4) is 0 Å². The summed E-state index contributed by atoms with van der Waals surface area (Å²) in [5.41, 5.74) is 3.26. The summed E-state index contributed by atoms with van der Waals surface area (Å²) in [6.45, 7) is 0. The second kappa shape index (κ2) is 8.28. The summed E-state index contributed by atoms with van der Waals surface area (Å²) in [5.74, 6) is 0.149. The Morgan fingerprint density at radius 1 is 0.886 bits per heavy atom. The molecule has 0 amide bonds. The van der Waals surface area contributed by atoms with Gasteiger partial charge in [-0.3, -0.25) is 14.6 Å². The van der Waals surface area contributed by atoms with E-state index >= 15 is 0 Å². The number of hydrogen-bond acceptors (Lipinski definition) is 3. The lowest BCUT2D eigenvalue weighted by atomic mass is 9.59. The van der Waals surface area contributed by atoms with Gasteiger partial charge in [0, 0.05) is 29.0 Å². The van der Waals surface area contributed by atoms with Gasteiger partial charge in [0.2, 0.25) is 0 Å². The van der Waals surface area contributed by atoms with E-state index < -0.39 is 11.7 Å². The SMILES string of the molecule is O=C1CC2(CCC2)Cc2nc(C3CCCC3)c(C(=O)c3ccc(C(F)(F)F)cc3)c(C3CCC3)c21. The van der Waals surface area contributed by atoms with Gasteiger partial charge in [0.15, 0.2) is 11.6 Å². The lowest BCUT2D eigenvalue weighted by molar-refractivity contribution is -0.137. The van der Waals surface area contributed by atoms with Crippen LogP contribution in [-0.4, -0.2) is 16.6 Å². The standard InChI is InChI=1S/C29H30F3NO2/c30-29(31,32)20-11-9-19(10-12-20)27(35)25-23(17-7-3-8-17)24-21(33-26(25)18-5-1-2-6-18)15-28(13-4-14-28)16-22(24)34/h9-12,17-18H,1-8,13-16H2. The summed E-state index contributed by atoms with van der Waals surface area (Å²) >= 11 is 0. The second-order valence-corrected chi connectivity index (χ2v) is 11.3. The molecule has 184 valence electrons. The molecule has 1 aromatic carbocycles. The van der Waals surface area contributed by atoms with Gasteiger partial charge >= 0.3 is 6.18 Å². The molecule has 6 rings (SSSR count). The van der Waals surface area contributed by atoms with E-state index in [1.807, 2.05) is 0 Å². The van der Waals surface area contributed by atoms with Gasteiger partial charge < -0.3 is 0 Å². The van der Waals surface area contributed by atoms with E-state index in [0.29, 0.717) is 17.5 Å². The van der Waals surface area contributed by atoms with Gasteiger partial charge in [0.25, 0.3) is 0 Å². The van der Waals surface area contributed by atoms with Crippen LogP contribution in [0.1, 0.15) is 131 Å². The molecule has 35 heavy (non-hydrogen) atoms. The van der Waals surface area contributed by atoms with Crippen molar-refractivity contribution in [2.24, 2.45) is 5.41 Å². The number of fused-ring (bicyclic) bond motifs is 1. The molecule has 0 bridgehead atoms. The minimum absolute atomic E-state index is 0.0415. The molecule has 0 N–H and O–H groups in total. The average molecular weight is 482 g/mol. The Morgan fingerprint density at radius 3 is 2.09 bits per heavy atom. The number of aromatic nitrogens is 1. The van der Waals surface area contributed by atoms with Crippen molar-refractivity contribution in [3.05, 3.63) is 63.5 Å². The number of halogens is 3. The Balaban J connectivity index is 1.52. The van der Waals surface area contributed by atoms with E-state index in [4.69, 9.17) is 4.98 Å². The van der Waals surface area contributed by atoms with Crippen LogP contribution >= 0.6 is 0 Å². The maximum atomic E-state index is 14.0. The first-order chi connectivity index (χ1) is 16.8. The molecule has 3 saturated carbocycles. The van der Waals surface area contributed by atoms with Crippen molar-refractivity contribution < 1.29 is 22.8 Å². The highest BCUT2D eigenvalue weighted by atomic mass is 19.4. The monoisotopic (exact) mass is 481 g/mol. The number of pyridine rings is 1. The fourth-order valence-electron chi connectivity index (χ4n) is 6.79. The number of carbonyl (C=O) groups excluding carboxylic acids is 2. The summed E-state index contributed by atoms with van der Waals surface area (Å²) < 4.78 is 39.4. The van der Waals surface area contributed by atoms with Crippen LogP contribution in [0.2, 0.25) is 0 Å². The summed E-state index contributed by atoms with van der Waals surface area (Å²) in [7, 11) is 0. The third-order valence-electron chi connectivity index (χ3n) is 9.07. The van der Waals surface area contributed by atoms with E-state index in [1.54, 1.807) is 0 Å². The van der Waals surface area contributed by atoms with Gasteiger partial charge in [-0.15, -0.1) is 0 Å². The third kappa shape index (κ3) is 3.84. The Bertz CT molecular complexity index is 1180. The topological polar surface area (TPSA) is 47.0 Å². The summed E-state index contributed by atoms with van der Waals surface area (Å²) in [4.78, 5) is 32.7. The zero-order chi connectivity index (χ0) is 24.4. The Labute approximate surface area is 203 Å². The largest absolute Gasteiger partial charge is 0.416 e. The number of rotatable bonds is 4. The lowest BCUT2D eigenvalue weighted by Gasteiger charge is -2.45. The predicted octanol–water partition coefficient (Wildman–Crippen LogP) is 7.56. The first-order valence-corrected chi connectivity index (χ1v) is 13.1. The number of benzene rings is 1. The van der Waals surface area contributed by atoms with Gasteiger partial charge in [0.1, 0.15) is 0 Å². The van der Waals surface area contributed by atoms with E-state index in [2.05, 4.69) is 0 Å². The zero-order valence-electron chi connectivity index (χ0n) is 19.8. The molecule has 0 atom stereocenters. The lowest BCUT2D eigenvalue weighted by Crippen LogP contribution is -2.40. The number of alkyl halides is 3. The highest BCUT2D eigenvalue weighted by Gasteiger charge is 2.47. The van der Waals surface area contributed by atoms with Crippen LogP contribution in [0.3, 0.4) is 0 Å². The van der Waals surface area contributed by atoms with Crippen molar-refractivity contribution in [1.29, 1.82) is 0 Å². The van der Waals surface area contributed by atoms with Crippen molar-refractivity contribution in [1.82, 2.24) is 4.98 Å². The summed E-state index contributed by atoms with van der Waals surface area (Å²) in [6, 6.07) is 4.50. The molecule has 1 spiro atoms. The molecule has 6 heteroatoms. The first kappa shape index (κ1) is 22.9. The molecular weight excluding hydrogens is 451 g/mol. The predicted molar refractivity (Wildman–Crippen MR) is 126 cm³/mol. The molecule has 4 aliphatic carbocycles. The molecule has 3 fully saturated rings. The first-order valence-electron chi connectivity index (χ1n) is 13.1. The Hall–Kier alpha value is -2.50. The van der Waals surface area contributed by atoms with Gasteiger partial charge in [-0.2, -0.15) is 13.2 Å². The third-order valence-corrected chi connectivity index (χ3v) is 9.07. The van der Waals surface area contributed by atoms with E-state index in [-0.39, 0.29) is 34.4 Å². The Morgan fingerprint density at radius 2 is 1.54 bits per heavy atom. The van der Waals surface area contributed by atoms with E-state index in [1.165, 1.54) is 12.1 Å². The number of Topliss-reactive ketones (excluding diaryl/α,β-unsaturated/α-hetero) is 1. The van der Waals surface area contributed by atoms with Crippen molar-refractivity contribution in [2.45, 2.75) is 95.1 Å². The Kier molecular flexibility index (Phi) is 5.42. The van der Waals surface area contributed by atoms with Gasteiger partial charge in [-0.1, -0.05) is 37.8 Å². The summed E-state index contributed by atoms with van der Waals surface area (Å²) in [5, 5.41) is 0. The molecule has 0 aliphatic heterocycles. The number of ketones is 2. The highest BCUT2D eigenvalue weighted by Crippen LogP contribution is 2.53. The van der Waals surface area contributed by atoms with E-state index in [0.717, 1.165) is 99.7 Å². The van der Waals surface area contributed by atoms with Crippen LogP contribution in [-0.2, 0) is 12.6 Å². The number of nitrogens with zero attached hydrogens (tertiary/aromatic N) is 1. The molecule has 1 aromatic heterocycles. The number of hydrogen-bond donors (Lipinski definition) is 0. The van der Waals surface area contributed by atoms with Crippen LogP contribution in [0.15, 0.2) is 24.3 Å². The minimum Gasteiger partial charge on any atom is -0.294 e. The molecule has 3 nitrogen and oxygen atoms in total. The maximum absolute atomic E-state index is 14.0. The number of carbonyl (C=O) groups is 2. The normalized spacial score (nSPS) is 22.1. The molecular formula is C29H30F3NO2. The van der Waals surface area contributed by atoms with Crippen LogP contribution < -0.4 is 0 Å².